The van der Waals surface area contributed by atoms with Crippen molar-refractivity contribution in [2.45, 2.75) is 25.3 Å². The molecule has 0 aromatic heterocycles. The maximum atomic E-state index is 8.79. The maximum Gasteiger partial charge on any atom is 0.0992 e. The topological polar surface area (TPSA) is 35.8 Å². The van der Waals surface area contributed by atoms with E-state index >= 15 is 0 Å². The maximum absolute atomic E-state index is 8.79. The highest BCUT2D eigenvalue weighted by Crippen LogP contribution is 2.25. The van der Waals surface area contributed by atoms with E-state index in [9.17, 15) is 0 Å². The first-order valence-electron chi connectivity index (χ1n) is 4.75. The van der Waals surface area contributed by atoms with Crippen molar-refractivity contribution in [1.82, 2.24) is 0 Å². The number of hydrogen-bond acceptors (Lipinski definition) is 2. The Balaban J connectivity index is 2.16. The Morgan fingerprint density at radius 1 is 1.36 bits per heavy atom. The van der Waals surface area contributed by atoms with E-state index in [1.807, 2.05) is 18.2 Å². The number of rotatable bonds is 2. The quantitative estimate of drug-likeness (QED) is 0.875. The van der Waals surface area contributed by atoms with Crippen LogP contribution in [0.4, 0.5) is 5.69 Å². The number of anilines is 1. The SMILES string of the molecule is N#Cc1cc(Br)cc(NC2CCC2)c1. The summed E-state index contributed by atoms with van der Waals surface area (Å²) in [5.74, 6) is 0. The van der Waals surface area contributed by atoms with Crippen LogP contribution in [0.1, 0.15) is 24.8 Å². The summed E-state index contributed by atoms with van der Waals surface area (Å²) in [6.45, 7) is 0. The molecule has 1 saturated carbocycles. The fraction of sp³-hybridized carbons (Fsp3) is 0.364. The summed E-state index contributed by atoms with van der Waals surface area (Å²) >= 11 is 3.39. The molecule has 1 fully saturated rings. The van der Waals surface area contributed by atoms with Gasteiger partial charge < -0.3 is 5.32 Å². The predicted molar refractivity (Wildman–Crippen MR) is 60.1 cm³/mol. The zero-order chi connectivity index (χ0) is 9.97. The Kier molecular flexibility index (Phi) is 2.74. The van der Waals surface area contributed by atoms with Crippen LogP contribution in [0.3, 0.4) is 0 Å². The summed E-state index contributed by atoms with van der Waals surface area (Å²) < 4.78 is 0.957. The fourth-order valence-electron chi connectivity index (χ4n) is 1.53. The molecule has 0 saturated heterocycles. The number of nitrogens with zero attached hydrogens (tertiary/aromatic N) is 1. The van der Waals surface area contributed by atoms with Crippen LogP contribution in [0.2, 0.25) is 0 Å². The van der Waals surface area contributed by atoms with Crippen LogP contribution in [0.25, 0.3) is 0 Å². The Morgan fingerprint density at radius 3 is 2.71 bits per heavy atom. The van der Waals surface area contributed by atoms with Gasteiger partial charge in [-0.15, -0.1) is 0 Å². The van der Waals surface area contributed by atoms with Crippen molar-refractivity contribution >= 4 is 21.6 Å². The lowest BCUT2D eigenvalue weighted by Gasteiger charge is -2.27. The van der Waals surface area contributed by atoms with E-state index < -0.39 is 0 Å². The lowest BCUT2D eigenvalue weighted by atomic mass is 9.93. The second kappa shape index (κ2) is 4.02. The molecule has 0 amide bonds. The minimum atomic E-state index is 0.607. The van der Waals surface area contributed by atoms with Gasteiger partial charge in [-0.2, -0.15) is 5.26 Å². The van der Waals surface area contributed by atoms with E-state index in [1.165, 1.54) is 19.3 Å². The van der Waals surface area contributed by atoms with E-state index in [1.54, 1.807) is 0 Å². The molecule has 3 heteroatoms. The smallest absolute Gasteiger partial charge is 0.0992 e. The van der Waals surface area contributed by atoms with Gasteiger partial charge in [-0.25, -0.2) is 0 Å². The monoisotopic (exact) mass is 250 g/mol. The summed E-state index contributed by atoms with van der Waals surface area (Å²) in [7, 11) is 0. The van der Waals surface area contributed by atoms with Crippen molar-refractivity contribution in [2.24, 2.45) is 0 Å². The molecule has 0 aliphatic heterocycles. The molecule has 0 spiro atoms. The standard InChI is InChI=1S/C11H11BrN2/c12-9-4-8(7-13)5-11(6-9)14-10-2-1-3-10/h4-6,10,14H,1-3H2. The summed E-state index contributed by atoms with van der Waals surface area (Å²) in [5, 5.41) is 12.2. The zero-order valence-corrected chi connectivity index (χ0v) is 9.34. The summed E-state index contributed by atoms with van der Waals surface area (Å²) in [6, 6.07) is 8.49. The lowest BCUT2D eigenvalue weighted by molar-refractivity contribution is 0.445. The van der Waals surface area contributed by atoms with Crippen molar-refractivity contribution in [2.75, 3.05) is 5.32 Å². The van der Waals surface area contributed by atoms with Crippen LogP contribution in [-0.4, -0.2) is 6.04 Å². The Labute approximate surface area is 92.1 Å². The molecule has 2 rings (SSSR count). The highest BCUT2D eigenvalue weighted by molar-refractivity contribution is 9.10. The van der Waals surface area contributed by atoms with Gasteiger partial charge in [0.1, 0.15) is 0 Å². The molecule has 0 heterocycles. The zero-order valence-electron chi connectivity index (χ0n) is 7.76. The molecule has 0 unspecified atom stereocenters. The van der Waals surface area contributed by atoms with Crippen LogP contribution in [0.5, 0.6) is 0 Å². The average Bonchev–Trinajstić information content (AvgIpc) is 2.10. The third kappa shape index (κ3) is 2.08. The normalized spacial score (nSPS) is 15.7. The molecule has 1 aliphatic carbocycles. The van der Waals surface area contributed by atoms with Gasteiger partial charge in [-0.3, -0.25) is 0 Å². The molecule has 72 valence electrons. The Hall–Kier alpha value is -1.01. The first kappa shape index (κ1) is 9.54. The van der Waals surface area contributed by atoms with Gasteiger partial charge in [0.2, 0.25) is 0 Å². The molecule has 14 heavy (non-hydrogen) atoms. The van der Waals surface area contributed by atoms with E-state index in [-0.39, 0.29) is 0 Å². The molecule has 0 atom stereocenters. The third-order valence-electron chi connectivity index (χ3n) is 2.50. The molecule has 2 nitrogen and oxygen atoms in total. The van der Waals surface area contributed by atoms with E-state index in [0.717, 1.165) is 10.2 Å². The molecule has 1 aliphatic rings. The van der Waals surface area contributed by atoms with Gasteiger partial charge in [-0.05, 0) is 37.5 Å². The van der Waals surface area contributed by atoms with Crippen molar-refractivity contribution in [3.05, 3.63) is 28.2 Å². The number of halogens is 1. The van der Waals surface area contributed by atoms with Gasteiger partial charge in [0, 0.05) is 16.2 Å². The number of nitriles is 1. The van der Waals surface area contributed by atoms with E-state index in [0.29, 0.717) is 11.6 Å². The van der Waals surface area contributed by atoms with Crippen molar-refractivity contribution in [3.63, 3.8) is 0 Å². The highest BCUT2D eigenvalue weighted by atomic mass is 79.9. The second-order valence-corrected chi connectivity index (χ2v) is 4.53. The lowest BCUT2D eigenvalue weighted by Crippen LogP contribution is -2.26. The third-order valence-corrected chi connectivity index (χ3v) is 2.96. The fourth-order valence-corrected chi connectivity index (χ4v) is 2.02. The number of benzene rings is 1. The van der Waals surface area contributed by atoms with Gasteiger partial charge >= 0.3 is 0 Å². The second-order valence-electron chi connectivity index (χ2n) is 3.61. The van der Waals surface area contributed by atoms with Crippen molar-refractivity contribution in [1.29, 1.82) is 5.26 Å². The molecule has 1 aromatic carbocycles. The largest absolute Gasteiger partial charge is 0.382 e. The average molecular weight is 251 g/mol. The molecule has 0 radical (unpaired) electrons. The van der Waals surface area contributed by atoms with Gasteiger partial charge in [0.15, 0.2) is 0 Å². The number of nitrogens with one attached hydrogen (secondary N) is 1. The van der Waals surface area contributed by atoms with Crippen molar-refractivity contribution in [3.8, 4) is 6.07 Å². The van der Waals surface area contributed by atoms with Crippen LogP contribution in [0.15, 0.2) is 22.7 Å². The minimum Gasteiger partial charge on any atom is -0.382 e. The number of hydrogen-bond donors (Lipinski definition) is 1. The van der Waals surface area contributed by atoms with Crippen LogP contribution < -0.4 is 5.32 Å². The molecule has 0 bridgehead atoms. The van der Waals surface area contributed by atoms with E-state index in [2.05, 4.69) is 27.3 Å². The van der Waals surface area contributed by atoms with E-state index in [4.69, 9.17) is 5.26 Å². The van der Waals surface area contributed by atoms with Crippen molar-refractivity contribution < 1.29 is 0 Å². The van der Waals surface area contributed by atoms with Crippen LogP contribution in [0, 0.1) is 11.3 Å². The predicted octanol–water partition coefficient (Wildman–Crippen LogP) is 3.29. The molecular weight excluding hydrogens is 240 g/mol. The van der Waals surface area contributed by atoms with Gasteiger partial charge in [-0.1, -0.05) is 15.9 Å². The van der Waals surface area contributed by atoms with Gasteiger partial charge in [0.25, 0.3) is 0 Å². The van der Waals surface area contributed by atoms with Crippen LogP contribution >= 0.6 is 15.9 Å². The Bertz CT molecular complexity index is 377. The first-order chi connectivity index (χ1) is 6.78. The Morgan fingerprint density at radius 2 is 2.14 bits per heavy atom. The molecule has 1 aromatic rings. The molecular formula is C11H11BrN2. The van der Waals surface area contributed by atoms with Gasteiger partial charge in [0.05, 0.1) is 11.6 Å². The summed E-state index contributed by atoms with van der Waals surface area (Å²) in [4.78, 5) is 0. The summed E-state index contributed by atoms with van der Waals surface area (Å²) in [5.41, 5.74) is 1.74. The minimum absolute atomic E-state index is 0.607. The van der Waals surface area contributed by atoms with Crippen LogP contribution in [-0.2, 0) is 0 Å². The first-order valence-corrected chi connectivity index (χ1v) is 5.54. The highest BCUT2D eigenvalue weighted by Gasteiger charge is 2.16. The molecule has 1 N–H and O–H groups in total. The summed E-state index contributed by atoms with van der Waals surface area (Å²) in [6.07, 6.45) is 3.81.